The predicted molar refractivity (Wildman–Crippen MR) is 144 cm³/mol. The molecule has 2 fully saturated rings. The molecule has 188 valence electrons. The number of aromatic nitrogens is 2. The first kappa shape index (κ1) is 22.6. The van der Waals surface area contributed by atoms with Crippen LogP contribution in [0.3, 0.4) is 0 Å². The van der Waals surface area contributed by atoms with Gasteiger partial charge in [0.15, 0.2) is 0 Å². The molecule has 0 bridgehead atoms. The van der Waals surface area contributed by atoms with Crippen molar-refractivity contribution in [1.82, 2.24) is 9.55 Å². The molecule has 36 heavy (non-hydrogen) atoms. The summed E-state index contributed by atoms with van der Waals surface area (Å²) in [5.74, 6) is 1.95. The van der Waals surface area contributed by atoms with Gasteiger partial charge in [-0.25, -0.2) is 4.98 Å². The lowest BCUT2D eigenvalue weighted by atomic mass is 9.47. The van der Waals surface area contributed by atoms with Gasteiger partial charge in [0.05, 0.1) is 5.52 Å². The van der Waals surface area contributed by atoms with Gasteiger partial charge in [-0.1, -0.05) is 43.7 Å². The number of carbonyl (C=O) groups excluding carboxylic acids is 1. The fraction of sp³-hybridized carbons (Fsp3) is 0.562. The van der Waals surface area contributed by atoms with Crippen LogP contribution in [0.1, 0.15) is 76.1 Å². The number of para-hydroxylation sites is 1. The van der Waals surface area contributed by atoms with E-state index in [1.807, 2.05) is 0 Å². The number of carbonyl (C=O) groups is 1. The van der Waals surface area contributed by atoms with Crippen LogP contribution in [0.2, 0.25) is 0 Å². The Kier molecular flexibility index (Phi) is 4.68. The van der Waals surface area contributed by atoms with E-state index in [2.05, 4.69) is 62.7 Å². The first-order valence-corrected chi connectivity index (χ1v) is 14.0. The molecule has 4 aliphatic carbocycles. The zero-order valence-electron chi connectivity index (χ0n) is 22.4. The number of fused-ring (bicyclic) bond motifs is 11. The zero-order valence-corrected chi connectivity index (χ0v) is 22.4. The first-order valence-electron chi connectivity index (χ1n) is 14.0. The molecule has 0 unspecified atom stereocenters. The molecule has 4 aliphatic rings. The highest BCUT2D eigenvalue weighted by molar-refractivity contribution is 6.09. The van der Waals surface area contributed by atoms with Crippen LogP contribution in [-0.4, -0.2) is 21.6 Å². The van der Waals surface area contributed by atoms with Crippen LogP contribution < -0.4 is 0 Å². The Balaban J connectivity index is 1.32. The van der Waals surface area contributed by atoms with Crippen LogP contribution in [0.25, 0.3) is 21.9 Å². The third-order valence-electron chi connectivity index (χ3n) is 11.1. The molecule has 7 rings (SSSR count). The topological polar surface area (TPSA) is 44.1 Å². The minimum atomic E-state index is -0.140. The Morgan fingerprint density at radius 2 is 1.86 bits per heavy atom. The molecule has 0 N–H and O–H groups in total. The lowest BCUT2D eigenvalue weighted by Crippen LogP contribution is -2.51. The van der Waals surface area contributed by atoms with Gasteiger partial charge < -0.3 is 9.30 Å². The summed E-state index contributed by atoms with van der Waals surface area (Å²) >= 11 is 0. The maximum absolute atomic E-state index is 11.6. The molecule has 0 aliphatic heterocycles. The third-order valence-corrected chi connectivity index (χ3v) is 11.1. The Bertz CT molecular complexity index is 1460. The Hall–Kier alpha value is -2.62. The number of pyridine rings is 1. The molecular formula is C32H38N2O2. The number of ether oxygens (including phenoxy) is 1. The van der Waals surface area contributed by atoms with Crippen LogP contribution in [0.5, 0.6) is 0 Å². The molecule has 0 radical (unpaired) electrons. The van der Waals surface area contributed by atoms with Crippen LogP contribution in [-0.2, 0) is 28.4 Å². The highest BCUT2D eigenvalue weighted by Gasteiger charge is 2.58. The molecular weight excluding hydrogens is 444 g/mol. The molecule has 1 aromatic carbocycles. The molecule has 0 amide bonds. The number of aryl methyl sites for hydroxylation is 2. The first-order chi connectivity index (χ1) is 17.2. The van der Waals surface area contributed by atoms with Gasteiger partial charge in [0.1, 0.15) is 11.8 Å². The van der Waals surface area contributed by atoms with Crippen molar-refractivity contribution in [3.63, 3.8) is 0 Å². The van der Waals surface area contributed by atoms with Crippen molar-refractivity contribution in [3.05, 3.63) is 52.7 Å². The van der Waals surface area contributed by atoms with Crippen molar-refractivity contribution in [2.75, 3.05) is 0 Å². The van der Waals surface area contributed by atoms with Crippen molar-refractivity contribution in [3.8, 4) is 0 Å². The summed E-state index contributed by atoms with van der Waals surface area (Å²) in [4.78, 5) is 16.8. The summed E-state index contributed by atoms with van der Waals surface area (Å²) in [7, 11) is 2.17. The molecule has 0 spiro atoms. The van der Waals surface area contributed by atoms with E-state index < -0.39 is 0 Å². The minimum Gasteiger partial charge on any atom is -0.462 e. The van der Waals surface area contributed by atoms with Gasteiger partial charge >= 0.3 is 5.97 Å². The molecule has 2 aromatic heterocycles. The number of nitrogens with zero attached hydrogens (tertiary/aromatic N) is 2. The van der Waals surface area contributed by atoms with Gasteiger partial charge in [-0.05, 0) is 91.2 Å². The highest BCUT2D eigenvalue weighted by atomic mass is 16.5. The average Bonchev–Trinajstić information content (AvgIpc) is 3.31. The molecule has 0 saturated heterocycles. The summed E-state index contributed by atoms with van der Waals surface area (Å²) < 4.78 is 7.95. The van der Waals surface area contributed by atoms with Gasteiger partial charge in [-0.15, -0.1) is 0 Å². The lowest BCUT2D eigenvalue weighted by molar-refractivity contribution is -0.148. The fourth-order valence-electron chi connectivity index (χ4n) is 9.52. The molecule has 6 atom stereocenters. The number of hydrogen-bond acceptors (Lipinski definition) is 3. The van der Waals surface area contributed by atoms with E-state index in [-0.39, 0.29) is 22.9 Å². The second-order valence-electron chi connectivity index (χ2n) is 12.7. The van der Waals surface area contributed by atoms with E-state index in [0.29, 0.717) is 11.8 Å². The van der Waals surface area contributed by atoms with Gasteiger partial charge in [0, 0.05) is 36.9 Å². The summed E-state index contributed by atoms with van der Waals surface area (Å²) in [6.07, 6.45) is 10.6. The summed E-state index contributed by atoms with van der Waals surface area (Å²) in [6, 6.07) is 8.84. The Labute approximate surface area is 214 Å². The number of rotatable bonds is 1. The summed E-state index contributed by atoms with van der Waals surface area (Å²) in [5, 5.41) is 2.76. The third kappa shape index (κ3) is 2.82. The van der Waals surface area contributed by atoms with Crippen molar-refractivity contribution in [1.29, 1.82) is 0 Å². The zero-order chi connectivity index (χ0) is 25.0. The lowest BCUT2D eigenvalue weighted by Gasteiger charge is -2.57. The molecule has 2 saturated carbocycles. The van der Waals surface area contributed by atoms with E-state index in [1.54, 1.807) is 23.6 Å². The number of benzene rings is 1. The minimum absolute atomic E-state index is 0.0661. The summed E-state index contributed by atoms with van der Waals surface area (Å²) in [5.41, 5.74) is 8.84. The van der Waals surface area contributed by atoms with E-state index >= 15 is 0 Å². The smallest absolute Gasteiger partial charge is 0.302 e. The number of hydrogen-bond donors (Lipinski definition) is 0. The monoisotopic (exact) mass is 482 g/mol. The molecule has 4 nitrogen and oxygen atoms in total. The number of allylic oxidation sites excluding steroid dienone is 1. The standard InChI is InChI=1S/C32H38N2O2/c1-18-29-24(28-23-8-6-7-9-27(23)34(5)30(28)33-18)17-26-22-11-10-20-16-21(36-19(2)35)12-14-31(20,3)25(22)13-15-32(26,29)4/h6-10,21-22,25-26H,11-17H2,1-5H3/t21-,22+,25-,26-,31-,32-/m0/s1. The Morgan fingerprint density at radius 3 is 2.67 bits per heavy atom. The van der Waals surface area contributed by atoms with Gasteiger partial charge in [0.2, 0.25) is 0 Å². The normalized spacial score (nSPS) is 35.1. The second kappa shape index (κ2) is 7.46. The molecule has 4 heteroatoms. The van der Waals surface area contributed by atoms with Crippen molar-refractivity contribution in [2.45, 2.75) is 84.2 Å². The van der Waals surface area contributed by atoms with Crippen molar-refractivity contribution >= 4 is 27.9 Å². The Morgan fingerprint density at radius 1 is 1.08 bits per heavy atom. The van der Waals surface area contributed by atoms with Crippen molar-refractivity contribution in [2.24, 2.45) is 30.2 Å². The van der Waals surface area contributed by atoms with E-state index in [4.69, 9.17) is 9.72 Å². The van der Waals surface area contributed by atoms with Crippen molar-refractivity contribution < 1.29 is 9.53 Å². The maximum atomic E-state index is 11.6. The van der Waals surface area contributed by atoms with Gasteiger partial charge in [0.25, 0.3) is 0 Å². The molecule has 3 aromatic rings. The fourth-order valence-corrected chi connectivity index (χ4v) is 9.52. The largest absolute Gasteiger partial charge is 0.462 e. The average molecular weight is 483 g/mol. The van der Waals surface area contributed by atoms with Crippen LogP contribution in [0.15, 0.2) is 35.9 Å². The maximum Gasteiger partial charge on any atom is 0.302 e. The highest BCUT2D eigenvalue weighted by Crippen LogP contribution is 2.65. The predicted octanol–water partition coefficient (Wildman–Crippen LogP) is 6.94. The van der Waals surface area contributed by atoms with E-state index in [0.717, 1.165) is 30.8 Å². The second-order valence-corrected chi connectivity index (χ2v) is 12.7. The summed E-state index contributed by atoms with van der Waals surface area (Å²) in [6.45, 7) is 8.89. The van der Waals surface area contributed by atoms with Gasteiger partial charge in [-0.2, -0.15) is 0 Å². The van der Waals surface area contributed by atoms with E-state index in [9.17, 15) is 4.79 Å². The van der Waals surface area contributed by atoms with Crippen LogP contribution in [0, 0.1) is 30.1 Å². The van der Waals surface area contributed by atoms with Crippen LogP contribution in [0.4, 0.5) is 0 Å². The molecule has 2 heterocycles. The quantitative estimate of drug-likeness (QED) is 0.279. The SMILES string of the molecule is CC(=O)O[C@H]1CC[C@@]2(C)C(=CC[C@@H]3[C@@H]2CC[C@]2(C)c4c(C)nc5c(c4C[C@@H]32)c2ccccc2n5C)C1. The van der Waals surface area contributed by atoms with Gasteiger partial charge in [-0.3, -0.25) is 4.79 Å². The number of esters is 1. The van der Waals surface area contributed by atoms with E-state index in [1.165, 1.54) is 47.7 Å². The van der Waals surface area contributed by atoms with Crippen LogP contribution >= 0.6 is 0 Å².